The maximum atomic E-state index is 2.41. The molecule has 0 unspecified atom stereocenters. The van der Waals surface area contributed by atoms with Gasteiger partial charge in [0.2, 0.25) is 0 Å². The van der Waals surface area contributed by atoms with E-state index in [-0.39, 0.29) is 5.41 Å². The van der Waals surface area contributed by atoms with Gasteiger partial charge in [-0.2, -0.15) is 0 Å². The molecule has 0 saturated heterocycles. The van der Waals surface area contributed by atoms with Crippen LogP contribution in [-0.4, -0.2) is 0 Å². The molecule has 0 fully saturated rings. The first-order chi connectivity index (χ1) is 28.5. The van der Waals surface area contributed by atoms with Crippen LogP contribution < -0.4 is 4.90 Å². The lowest BCUT2D eigenvalue weighted by atomic mass is 9.82. The molecule has 0 atom stereocenters. The van der Waals surface area contributed by atoms with Gasteiger partial charge in [-0.15, -0.1) is 0 Å². The van der Waals surface area contributed by atoms with E-state index in [1.807, 2.05) is 0 Å². The number of benzene rings is 9. The molecule has 9 aromatic carbocycles. The molecule has 58 heavy (non-hydrogen) atoms. The van der Waals surface area contributed by atoms with Crippen LogP contribution in [0.3, 0.4) is 0 Å². The van der Waals surface area contributed by atoms with Crippen LogP contribution in [0.1, 0.15) is 25.0 Å². The SMILES string of the molecule is CC1(C)c2ccccc2-c2ccc(N(c3ccc(-c4ccccc4)cc3)c3ccc(-c4c(-c5ccccc5)cc(-c5ccccc5)cc4-c4ccccc4)cc3)cc21. The van der Waals surface area contributed by atoms with Crippen LogP contribution in [0, 0.1) is 0 Å². The molecule has 1 heteroatoms. The van der Waals surface area contributed by atoms with Crippen molar-refractivity contribution in [3.8, 4) is 66.8 Å². The molecule has 0 spiro atoms. The molecule has 0 aromatic heterocycles. The summed E-state index contributed by atoms with van der Waals surface area (Å²) in [4.78, 5) is 2.41. The lowest BCUT2D eigenvalue weighted by molar-refractivity contribution is 0.660. The van der Waals surface area contributed by atoms with E-state index in [4.69, 9.17) is 0 Å². The number of nitrogens with zero attached hydrogens (tertiary/aromatic N) is 1. The van der Waals surface area contributed by atoms with Gasteiger partial charge in [0.05, 0.1) is 0 Å². The Morgan fingerprint density at radius 1 is 0.276 bits per heavy atom. The summed E-state index contributed by atoms with van der Waals surface area (Å²) in [5, 5.41) is 0. The molecule has 0 saturated carbocycles. The zero-order chi connectivity index (χ0) is 39.1. The highest BCUT2D eigenvalue weighted by atomic mass is 15.1. The lowest BCUT2D eigenvalue weighted by Gasteiger charge is -2.28. The summed E-state index contributed by atoms with van der Waals surface area (Å²) >= 11 is 0. The van der Waals surface area contributed by atoms with Crippen molar-refractivity contribution in [1.82, 2.24) is 0 Å². The molecule has 1 aliphatic rings. The molecule has 0 bridgehead atoms. The molecule has 276 valence electrons. The van der Waals surface area contributed by atoms with Gasteiger partial charge in [-0.3, -0.25) is 0 Å². The third-order valence-electron chi connectivity index (χ3n) is 11.9. The van der Waals surface area contributed by atoms with Gasteiger partial charge < -0.3 is 4.90 Å². The first-order valence-corrected chi connectivity index (χ1v) is 20.2. The smallest absolute Gasteiger partial charge is 0.0465 e. The molecule has 0 amide bonds. The average Bonchev–Trinajstić information content (AvgIpc) is 3.53. The Balaban J connectivity index is 1.14. The van der Waals surface area contributed by atoms with Gasteiger partial charge in [-0.25, -0.2) is 0 Å². The Morgan fingerprint density at radius 2 is 0.672 bits per heavy atom. The van der Waals surface area contributed by atoms with Gasteiger partial charge in [-0.05, 0) is 126 Å². The maximum Gasteiger partial charge on any atom is 0.0465 e. The van der Waals surface area contributed by atoms with E-state index < -0.39 is 0 Å². The zero-order valence-corrected chi connectivity index (χ0v) is 32.8. The fraction of sp³-hybridized carbons (Fsp3) is 0.0526. The highest BCUT2D eigenvalue weighted by Crippen LogP contribution is 2.51. The summed E-state index contributed by atoms with van der Waals surface area (Å²) in [6, 6.07) is 81.8. The van der Waals surface area contributed by atoms with Crippen LogP contribution in [-0.2, 0) is 5.41 Å². The molecular formula is C57H43N. The summed E-state index contributed by atoms with van der Waals surface area (Å²) in [5.74, 6) is 0. The van der Waals surface area contributed by atoms with Gasteiger partial charge in [0.25, 0.3) is 0 Å². The second-order valence-corrected chi connectivity index (χ2v) is 15.7. The zero-order valence-electron chi connectivity index (χ0n) is 32.8. The number of hydrogen-bond acceptors (Lipinski definition) is 1. The molecular weight excluding hydrogens is 699 g/mol. The number of hydrogen-bond donors (Lipinski definition) is 0. The summed E-state index contributed by atoms with van der Waals surface area (Å²) in [5.41, 5.74) is 20.7. The van der Waals surface area contributed by atoms with E-state index in [1.165, 1.54) is 77.9 Å². The lowest BCUT2D eigenvalue weighted by Crippen LogP contribution is -2.16. The second-order valence-electron chi connectivity index (χ2n) is 15.7. The molecule has 9 aromatic rings. The molecule has 1 aliphatic carbocycles. The Hall–Kier alpha value is -7.22. The number of fused-ring (bicyclic) bond motifs is 3. The van der Waals surface area contributed by atoms with E-state index in [2.05, 4.69) is 243 Å². The van der Waals surface area contributed by atoms with Crippen LogP contribution in [0.15, 0.2) is 224 Å². The van der Waals surface area contributed by atoms with Crippen molar-refractivity contribution in [2.45, 2.75) is 19.3 Å². The summed E-state index contributed by atoms with van der Waals surface area (Å²) in [6.07, 6.45) is 0. The van der Waals surface area contributed by atoms with Gasteiger partial charge >= 0.3 is 0 Å². The average molecular weight is 742 g/mol. The van der Waals surface area contributed by atoms with E-state index in [1.54, 1.807) is 0 Å². The summed E-state index contributed by atoms with van der Waals surface area (Å²) in [6.45, 7) is 4.71. The van der Waals surface area contributed by atoms with Crippen LogP contribution in [0.25, 0.3) is 66.8 Å². The highest BCUT2D eigenvalue weighted by Gasteiger charge is 2.35. The quantitative estimate of drug-likeness (QED) is 0.150. The molecule has 0 N–H and O–H groups in total. The second kappa shape index (κ2) is 14.7. The first kappa shape index (κ1) is 35.2. The van der Waals surface area contributed by atoms with Gasteiger partial charge in [-0.1, -0.05) is 190 Å². The standard InChI is InChI=1S/C57H43N/c1-57(2)54-26-16-15-25-50(54)51-36-35-49(39-55(51)57)58(47-31-27-42(28-32-47)40-17-7-3-8-18-40)48-33-29-45(30-34-48)56-52(43-21-11-5-12-22-43)37-46(41-19-9-4-10-20-41)38-53(56)44-23-13-6-14-24-44/h3-39H,1-2H3. The van der Waals surface area contributed by atoms with E-state index in [0.29, 0.717) is 0 Å². The Labute approximate surface area is 342 Å². The maximum absolute atomic E-state index is 2.41. The molecule has 0 aliphatic heterocycles. The van der Waals surface area contributed by atoms with Crippen molar-refractivity contribution >= 4 is 17.1 Å². The summed E-state index contributed by atoms with van der Waals surface area (Å²) in [7, 11) is 0. The largest absolute Gasteiger partial charge is 0.310 e. The molecule has 1 nitrogen and oxygen atoms in total. The highest BCUT2D eigenvalue weighted by molar-refractivity contribution is 5.98. The molecule has 10 rings (SSSR count). The minimum atomic E-state index is -0.109. The third kappa shape index (κ3) is 6.32. The predicted molar refractivity (Wildman–Crippen MR) is 246 cm³/mol. The van der Waals surface area contributed by atoms with Crippen molar-refractivity contribution in [2.24, 2.45) is 0 Å². The van der Waals surface area contributed by atoms with Gasteiger partial charge in [0, 0.05) is 22.5 Å². The van der Waals surface area contributed by atoms with Crippen molar-refractivity contribution in [3.63, 3.8) is 0 Å². The first-order valence-electron chi connectivity index (χ1n) is 20.2. The molecule has 0 radical (unpaired) electrons. The Bertz CT molecular complexity index is 2800. The van der Waals surface area contributed by atoms with Crippen molar-refractivity contribution < 1.29 is 0 Å². The van der Waals surface area contributed by atoms with Crippen molar-refractivity contribution in [3.05, 3.63) is 236 Å². The monoisotopic (exact) mass is 741 g/mol. The van der Waals surface area contributed by atoms with Gasteiger partial charge in [0.15, 0.2) is 0 Å². The topological polar surface area (TPSA) is 3.24 Å². The normalized spacial score (nSPS) is 12.4. The fourth-order valence-corrected chi connectivity index (χ4v) is 8.93. The fourth-order valence-electron chi connectivity index (χ4n) is 8.93. The van der Waals surface area contributed by atoms with Crippen LogP contribution in [0.4, 0.5) is 17.1 Å². The van der Waals surface area contributed by atoms with E-state index in [0.717, 1.165) is 17.1 Å². The Kier molecular flexibility index (Phi) is 8.92. The Morgan fingerprint density at radius 3 is 1.21 bits per heavy atom. The number of rotatable bonds is 8. The van der Waals surface area contributed by atoms with Gasteiger partial charge in [0.1, 0.15) is 0 Å². The number of anilines is 3. The van der Waals surface area contributed by atoms with Crippen LogP contribution in [0.2, 0.25) is 0 Å². The minimum Gasteiger partial charge on any atom is -0.310 e. The van der Waals surface area contributed by atoms with E-state index in [9.17, 15) is 0 Å². The van der Waals surface area contributed by atoms with Crippen LogP contribution >= 0.6 is 0 Å². The summed E-state index contributed by atoms with van der Waals surface area (Å²) < 4.78 is 0. The van der Waals surface area contributed by atoms with Crippen molar-refractivity contribution in [1.29, 1.82) is 0 Å². The van der Waals surface area contributed by atoms with E-state index >= 15 is 0 Å². The predicted octanol–water partition coefficient (Wildman–Crippen LogP) is 15.8. The van der Waals surface area contributed by atoms with Crippen LogP contribution in [0.5, 0.6) is 0 Å². The minimum absolute atomic E-state index is 0.109. The third-order valence-corrected chi connectivity index (χ3v) is 11.9. The van der Waals surface area contributed by atoms with Crippen molar-refractivity contribution in [2.75, 3.05) is 4.90 Å². The molecule has 0 heterocycles.